The van der Waals surface area contributed by atoms with Crippen LogP contribution in [-0.2, 0) is 12.8 Å². The maximum absolute atomic E-state index is 10.3. The van der Waals surface area contributed by atoms with E-state index in [-0.39, 0.29) is 0 Å². The molecule has 1 aliphatic carbocycles. The molecule has 17 heavy (non-hydrogen) atoms. The number of halogens is 1. The fraction of sp³-hybridized carbons (Fsp3) is 0.571. The van der Waals surface area contributed by atoms with Gasteiger partial charge in [-0.3, -0.25) is 0 Å². The van der Waals surface area contributed by atoms with Crippen molar-refractivity contribution < 1.29 is 5.11 Å². The molecule has 1 atom stereocenters. The van der Waals surface area contributed by atoms with Crippen LogP contribution in [-0.4, -0.2) is 18.2 Å². The fourth-order valence-corrected chi connectivity index (χ4v) is 3.46. The van der Waals surface area contributed by atoms with Crippen molar-refractivity contribution in [2.45, 2.75) is 38.0 Å². The zero-order valence-electron chi connectivity index (χ0n) is 9.93. The summed E-state index contributed by atoms with van der Waals surface area (Å²) in [5.74, 6) is 0.779. The van der Waals surface area contributed by atoms with Crippen molar-refractivity contribution in [1.82, 2.24) is 5.32 Å². The molecule has 3 rings (SSSR count). The maximum atomic E-state index is 10.3. The first kappa shape index (κ1) is 11.4. The predicted molar refractivity (Wildman–Crippen MR) is 70.0 cm³/mol. The van der Waals surface area contributed by atoms with Crippen LogP contribution >= 0.6 is 11.6 Å². The van der Waals surface area contributed by atoms with Gasteiger partial charge in [0.25, 0.3) is 0 Å². The lowest BCUT2D eigenvalue weighted by molar-refractivity contribution is 0.459. The minimum atomic E-state index is 0.334. The van der Waals surface area contributed by atoms with Gasteiger partial charge in [-0.2, -0.15) is 0 Å². The topological polar surface area (TPSA) is 32.3 Å². The summed E-state index contributed by atoms with van der Waals surface area (Å²) in [7, 11) is 0. The molecule has 2 aliphatic rings. The van der Waals surface area contributed by atoms with Crippen LogP contribution in [0.25, 0.3) is 0 Å². The maximum Gasteiger partial charge on any atom is 0.137 e. The first-order chi connectivity index (χ1) is 8.27. The van der Waals surface area contributed by atoms with Crippen LogP contribution < -0.4 is 5.32 Å². The Bertz CT molecular complexity index is 438. The molecular formula is C14H18ClNO. The highest BCUT2D eigenvalue weighted by Crippen LogP contribution is 2.42. The smallest absolute Gasteiger partial charge is 0.137 e. The molecule has 1 aromatic rings. The highest BCUT2D eigenvalue weighted by atomic mass is 35.5. The molecule has 2 nitrogen and oxygen atoms in total. The first-order valence-corrected chi connectivity index (χ1v) is 6.89. The summed E-state index contributed by atoms with van der Waals surface area (Å²) in [6.45, 7) is 2.02. The number of benzene rings is 1. The van der Waals surface area contributed by atoms with E-state index in [1.54, 1.807) is 0 Å². The summed E-state index contributed by atoms with van der Waals surface area (Å²) in [4.78, 5) is 0. The van der Waals surface area contributed by atoms with Gasteiger partial charge in [-0.1, -0.05) is 11.6 Å². The molecule has 2 N–H and O–H groups in total. The SMILES string of the molecule is Oc1c(Cl)cc2c(c1C1CCNC1)CCCC2. The lowest BCUT2D eigenvalue weighted by Gasteiger charge is -2.24. The number of hydrogen-bond donors (Lipinski definition) is 2. The lowest BCUT2D eigenvalue weighted by atomic mass is 9.82. The third-order valence-electron chi connectivity index (χ3n) is 4.09. The second-order valence-corrected chi connectivity index (χ2v) is 5.56. The van der Waals surface area contributed by atoms with E-state index in [9.17, 15) is 5.11 Å². The Morgan fingerprint density at radius 1 is 1.29 bits per heavy atom. The summed E-state index contributed by atoms with van der Waals surface area (Å²) in [6, 6.07) is 1.97. The van der Waals surface area contributed by atoms with Gasteiger partial charge in [0.15, 0.2) is 0 Å². The summed E-state index contributed by atoms with van der Waals surface area (Å²) in [5, 5.41) is 14.2. The van der Waals surface area contributed by atoms with E-state index in [4.69, 9.17) is 11.6 Å². The Morgan fingerprint density at radius 3 is 2.88 bits per heavy atom. The van der Waals surface area contributed by atoms with Crippen molar-refractivity contribution in [2.75, 3.05) is 13.1 Å². The zero-order valence-corrected chi connectivity index (χ0v) is 10.7. The minimum absolute atomic E-state index is 0.334. The van der Waals surface area contributed by atoms with E-state index in [1.165, 1.54) is 24.0 Å². The number of fused-ring (bicyclic) bond motifs is 1. The van der Waals surface area contributed by atoms with Crippen LogP contribution in [0.2, 0.25) is 5.02 Å². The van der Waals surface area contributed by atoms with Crippen molar-refractivity contribution in [3.05, 3.63) is 27.8 Å². The highest BCUT2D eigenvalue weighted by molar-refractivity contribution is 6.32. The van der Waals surface area contributed by atoms with Crippen LogP contribution in [0.4, 0.5) is 0 Å². The molecule has 0 radical (unpaired) electrons. The number of nitrogens with one attached hydrogen (secondary N) is 1. The standard InChI is InChI=1S/C14H18ClNO/c15-12-7-9-3-1-2-4-11(9)13(14(12)17)10-5-6-16-8-10/h7,10,16-17H,1-6,8H2. The van der Waals surface area contributed by atoms with Crippen LogP contribution in [0.5, 0.6) is 5.75 Å². The monoisotopic (exact) mass is 251 g/mol. The van der Waals surface area contributed by atoms with Gasteiger partial charge in [0.2, 0.25) is 0 Å². The molecule has 0 bridgehead atoms. The number of hydrogen-bond acceptors (Lipinski definition) is 2. The average Bonchev–Trinajstić information content (AvgIpc) is 2.84. The fourth-order valence-electron chi connectivity index (χ4n) is 3.23. The van der Waals surface area contributed by atoms with Crippen molar-refractivity contribution in [1.29, 1.82) is 0 Å². The van der Waals surface area contributed by atoms with Gasteiger partial charge < -0.3 is 10.4 Å². The van der Waals surface area contributed by atoms with Crippen LogP contribution in [0.1, 0.15) is 41.9 Å². The third-order valence-corrected chi connectivity index (χ3v) is 4.37. The molecule has 92 valence electrons. The predicted octanol–water partition coefficient (Wildman–Crippen LogP) is 3.00. The van der Waals surface area contributed by atoms with Crippen molar-refractivity contribution in [2.24, 2.45) is 0 Å². The summed E-state index contributed by atoms with van der Waals surface area (Å²) >= 11 is 6.16. The summed E-state index contributed by atoms with van der Waals surface area (Å²) < 4.78 is 0. The molecule has 1 aliphatic heterocycles. The minimum Gasteiger partial charge on any atom is -0.506 e. The highest BCUT2D eigenvalue weighted by Gasteiger charge is 2.27. The molecule has 1 unspecified atom stereocenters. The second kappa shape index (κ2) is 4.51. The lowest BCUT2D eigenvalue weighted by Crippen LogP contribution is -2.13. The van der Waals surface area contributed by atoms with Crippen LogP contribution in [0, 0.1) is 0 Å². The Morgan fingerprint density at radius 2 is 2.12 bits per heavy atom. The van der Waals surface area contributed by atoms with E-state index >= 15 is 0 Å². The molecule has 0 saturated carbocycles. The molecule has 0 amide bonds. The normalized spacial score (nSPS) is 23.7. The van der Waals surface area contributed by atoms with E-state index in [0.717, 1.165) is 37.9 Å². The van der Waals surface area contributed by atoms with Gasteiger partial charge in [0.05, 0.1) is 5.02 Å². The van der Waals surface area contributed by atoms with Gasteiger partial charge in [-0.05, 0) is 55.8 Å². The molecule has 0 aromatic heterocycles. The van der Waals surface area contributed by atoms with Gasteiger partial charge in [-0.25, -0.2) is 0 Å². The average molecular weight is 252 g/mol. The van der Waals surface area contributed by atoms with Gasteiger partial charge in [0, 0.05) is 18.0 Å². The van der Waals surface area contributed by atoms with Gasteiger partial charge in [0.1, 0.15) is 5.75 Å². The molecule has 0 spiro atoms. The Kier molecular flexibility index (Phi) is 3.01. The first-order valence-electron chi connectivity index (χ1n) is 6.51. The van der Waals surface area contributed by atoms with E-state index in [1.807, 2.05) is 6.07 Å². The number of rotatable bonds is 1. The number of phenolic OH excluding ortho intramolecular Hbond substituents is 1. The van der Waals surface area contributed by atoms with E-state index in [2.05, 4.69) is 5.32 Å². The Balaban J connectivity index is 2.12. The number of phenols is 1. The molecule has 1 aromatic carbocycles. The molecule has 3 heteroatoms. The largest absolute Gasteiger partial charge is 0.506 e. The van der Waals surface area contributed by atoms with Crippen molar-refractivity contribution >= 4 is 11.6 Å². The van der Waals surface area contributed by atoms with Crippen molar-refractivity contribution in [3.63, 3.8) is 0 Å². The van der Waals surface area contributed by atoms with Gasteiger partial charge in [-0.15, -0.1) is 0 Å². The zero-order chi connectivity index (χ0) is 11.8. The quantitative estimate of drug-likeness (QED) is 0.804. The van der Waals surface area contributed by atoms with E-state index < -0.39 is 0 Å². The number of aryl methyl sites for hydroxylation is 1. The van der Waals surface area contributed by atoms with Crippen molar-refractivity contribution in [3.8, 4) is 5.75 Å². The van der Waals surface area contributed by atoms with Crippen LogP contribution in [0.3, 0.4) is 0 Å². The molecule has 1 saturated heterocycles. The Labute approximate surface area is 107 Å². The number of aromatic hydroxyl groups is 1. The summed E-state index contributed by atoms with van der Waals surface area (Å²) in [5.41, 5.74) is 3.88. The molecular weight excluding hydrogens is 234 g/mol. The van der Waals surface area contributed by atoms with E-state index in [0.29, 0.717) is 16.7 Å². The third kappa shape index (κ3) is 1.94. The molecule has 1 heterocycles. The molecule has 1 fully saturated rings. The Hall–Kier alpha value is -0.730. The van der Waals surface area contributed by atoms with Crippen LogP contribution in [0.15, 0.2) is 6.07 Å². The second-order valence-electron chi connectivity index (χ2n) is 5.16. The summed E-state index contributed by atoms with van der Waals surface area (Å²) in [6.07, 6.45) is 5.81. The van der Waals surface area contributed by atoms with Gasteiger partial charge >= 0.3 is 0 Å².